The number of benzene rings is 1. The summed E-state index contributed by atoms with van der Waals surface area (Å²) < 4.78 is 32.3. The van der Waals surface area contributed by atoms with E-state index >= 15 is 0 Å². The third kappa shape index (κ3) is 8.26. The summed E-state index contributed by atoms with van der Waals surface area (Å²) in [5, 5.41) is 9.35. The third-order valence-electron chi connectivity index (χ3n) is 6.20. The van der Waals surface area contributed by atoms with Gasteiger partial charge in [0.2, 0.25) is 15.9 Å². The predicted octanol–water partition coefficient (Wildman–Crippen LogP) is 1.04. The predicted molar refractivity (Wildman–Crippen MR) is 148 cm³/mol. The molecule has 14 nitrogen and oxygen atoms in total. The molecule has 0 aliphatic heterocycles. The molecule has 3 aromatic rings. The SMILES string of the molecule is CCCCOc1nc(N)c2[nH]c(=O)n(CCCN(Cc3cccc(C(C)C(=O)O)c3)C(=O)CNS(C)(=O)=O)c2n1. The van der Waals surface area contributed by atoms with Crippen LogP contribution >= 0.6 is 0 Å². The lowest BCUT2D eigenvalue weighted by Gasteiger charge is -2.23. The molecule has 2 aromatic heterocycles. The van der Waals surface area contributed by atoms with E-state index in [1.807, 2.05) is 6.92 Å². The lowest BCUT2D eigenvalue weighted by molar-refractivity contribution is -0.138. The first kappa shape index (κ1) is 30.6. The van der Waals surface area contributed by atoms with E-state index in [1.54, 1.807) is 31.2 Å². The minimum Gasteiger partial charge on any atom is -0.481 e. The van der Waals surface area contributed by atoms with E-state index in [2.05, 4.69) is 19.7 Å². The van der Waals surface area contributed by atoms with Crippen molar-refractivity contribution in [2.24, 2.45) is 0 Å². The number of carboxylic acids is 1. The van der Waals surface area contributed by atoms with E-state index in [4.69, 9.17) is 10.5 Å². The minimum absolute atomic E-state index is 0.0605. The summed E-state index contributed by atoms with van der Waals surface area (Å²) in [5.74, 6) is -2.12. The number of anilines is 1. The molecule has 5 N–H and O–H groups in total. The summed E-state index contributed by atoms with van der Waals surface area (Å²) in [6.07, 6.45) is 3.00. The highest BCUT2D eigenvalue weighted by atomic mass is 32.2. The van der Waals surface area contributed by atoms with Crippen molar-refractivity contribution in [2.45, 2.75) is 52.1 Å². The van der Waals surface area contributed by atoms with Crippen LogP contribution in [0.2, 0.25) is 0 Å². The number of rotatable bonds is 15. The lowest BCUT2D eigenvalue weighted by Crippen LogP contribution is -2.40. The van der Waals surface area contributed by atoms with Crippen molar-refractivity contribution in [3.63, 3.8) is 0 Å². The Bertz CT molecular complexity index is 1520. The molecule has 0 saturated carbocycles. The number of H-pyrrole nitrogens is 1. The van der Waals surface area contributed by atoms with Crippen molar-refractivity contribution in [1.29, 1.82) is 0 Å². The summed E-state index contributed by atoms with van der Waals surface area (Å²) >= 11 is 0. The van der Waals surface area contributed by atoms with Gasteiger partial charge in [-0.05, 0) is 30.9 Å². The number of aryl methyl sites for hydroxylation is 1. The van der Waals surface area contributed by atoms with Crippen LogP contribution in [0.1, 0.15) is 50.2 Å². The number of nitrogen functional groups attached to an aromatic ring is 1. The number of carboxylic acid groups (broad SMARTS) is 1. The van der Waals surface area contributed by atoms with Gasteiger partial charge in [0.25, 0.3) is 0 Å². The average molecular weight is 578 g/mol. The van der Waals surface area contributed by atoms with Gasteiger partial charge in [-0.2, -0.15) is 9.97 Å². The lowest BCUT2D eigenvalue weighted by atomic mass is 9.99. The number of nitrogens with zero attached hydrogens (tertiary/aromatic N) is 4. The second-order valence-corrected chi connectivity index (χ2v) is 11.3. The molecule has 0 bridgehead atoms. The third-order valence-corrected chi connectivity index (χ3v) is 6.87. The molecule has 15 heteroatoms. The van der Waals surface area contributed by atoms with E-state index in [1.165, 1.54) is 9.47 Å². The van der Waals surface area contributed by atoms with Gasteiger partial charge in [-0.25, -0.2) is 17.9 Å². The van der Waals surface area contributed by atoms with Gasteiger partial charge in [0.15, 0.2) is 11.5 Å². The number of carbonyl (C=O) groups excluding carboxylic acids is 1. The Kier molecular flexibility index (Phi) is 10.2. The number of aromatic nitrogens is 4. The highest BCUT2D eigenvalue weighted by Crippen LogP contribution is 2.20. The monoisotopic (exact) mass is 577 g/mol. The van der Waals surface area contributed by atoms with Crippen LogP contribution in [-0.2, 0) is 32.7 Å². The van der Waals surface area contributed by atoms with Crippen molar-refractivity contribution in [2.75, 3.05) is 31.7 Å². The maximum Gasteiger partial charge on any atom is 0.327 e. The molecule has 3 rings (SSSR count). The zero-order valence-electron chi connectivity index (χ0n) is 22.7. The van der Waals surface area contributed by atoms with Crippen molar-refractivity contribution in [1.82, 2.24) is 29.1 Å². The zero-order valence-corrected chi connectivity index (χ0v) is 23.5. The number of amides is 1. The number of aliphatic carboxylic acids is 1. The number of ether oxygens (including phenoxy) is 1. The number of sulfonamides is 1. The molecule has 218 valence electrons. The molecular formula is C25H35N7O7S. The Morgan fingerprint density at radius 1 is 1.27 bits per heavy atom. The number of carbonyl (C=O) groups is 2. The molecule has 1 atom stereocenters. The van der Waals surface area contributed by atoms with Crippen molar-refractivity contribution >= 4 is 38.9 Å². The summed E-state index contributed by atoms with van der Waals surface area (Å²) in [4.78, 5) is 49.6. The Morgan fingerprint density at radius 2 is 2.02 bits per heavy atom. The Morgan fingerprint density at radius 3 is 2.70 bits per heavy atom. The van der Waals surface area contributed by atoms with Crippen molar-refractivity contribution in [3.05, 3.63) is 45.9 Å². The second kappa shape index (κ2) is 13.4. The topological polar surface area (TPSA) is 203 Å². The van der Waals surface area contributed by atoms with Gasteiger partial charge in [0, 0.05) is 19.6 Å². The van der Waals surface area contributed by atoms with Gasteiger partial charge in [0.05, 0.1) is 25.3 Å². The van der Waals surface area contributed by atoms with Crippen molar-refractivity contribution < 1.29 is 27.9 Å². The summed E-state index contributed by atoms with van der Waals surface area (Å²) in [7, 11) is -3.61. The molecule has 1 amide bonds. The zero-order chi connectivity index (χ0) is 29.4. The highest BCUT2D eigenvalue weighted by molar-refractivity contribution is 7.88. The van der Waals surface area contributed by atoms with Crippen LogP contribution in [0.3, 0.4) is 0 Å². The summed E-state index contributed by atoms with van der Waals surface area (Å²) in [6.45, 7) is 3.99. The number of nitrogens with two attached hydrogens (primary N) is 1. The van der Waals surface area contributed by atoms with E-state index in [9.17, 15) is 27.9 Å². The fraction of sp³-hybridized carbons (Fsp3) is 0.480. The van der Waals surface area contributed by atoms with Gasteiger partial charge in [0.1, 0.15) is 5.52 Å². The van der Waals surface area contributed by atoms with Gasteiger partial charge >= 0.3 is 17.7 Å². The number of nitrogens with one attached hydrogen (secondary N) is 2. The molecular weight excluding hydrogens is 542 g/mol. The molecule has 0 aliphatic carbocycles. The molecule has 0 spiro atoms. The van der Waals surface area contributed by atoms with Crippen LogP contribution in [0, 0.1) is 0 Å². The smallest absolute Gasteiger partial charge is 0.327 e. The Hall–Kier alpha value is -3.98. The molecule has 0 fully saturated rings. The number of fused-ring (bicyclic) bond motifs is 1. The second-order valence-electron chi connectivity index (χ2n) is 9.44. The fourth-order valence-corrected chi connectivity index (χ4v) is 4.34. The van der Waals surface area contributed by atoms with Gasteiger partial charge in [-0.1, -0.05) is 37.6 Å². The first-order valence-corrected chi connectivity index (χ1v) is 14.7. The number of hydrogen-bond donors (Lipinski definition) is 4. The normalized spacial score (nSPS) is 12.4. The molecule has 40 heavy (non-hydrogen) atoms. The standard InChI is InChI=1S/C25H35N7O7S/c1-4-5-12-39-24-29-21(26)20-22(30-24)32(25(36)28-20)11-7-10-31(19(33)14-27-40(3,37)38)15-17-8-6-9-18(13-17)16(2)23(34)35/h6,8-9,13,16,27H,4-5,7,10-12,14-15H2,1-3H3,(H,28,36)(H,34,35)(H2,26,29,30). The first-order valence-electron chi connectivity index (χ1n) is 12.8. The van der Waals surface area contributed by atoms with E-state index in [0.29, 0.717) is 24.2 Å². The van der Waals surface area contributed by atoms with E-state index in [-0.39, 0.29) is 42.6 Å². The maximum absolute atomic E-state index is 13.0. The molecule has 0 radical (unpaired) electrons. The number of hydrogen-bond acceptors (Lipinski definition) is 9. The summed E-state index contributed by atoms with van der Waals surface area (Å²) in [6, 6.07) is 6.92. The fourth-order valence-electron chi connectivity index (χ4n) is 3.95. The number of aromatic amines is 1. The maximum atomic E-state index is 13.0. The number of unbranched alkanes of at least 4 members (excludes halogenated alkanes) is 1. The largest absolute Gasteiger partial charge is 0.481 e. The van der Waals surface area contributed by atoms with Crippen LogP contribution in [0.25, 0.3) is 11.2 Å². The van der Waals surface area contributed by atoms with Gasteiger partial charge in [-0.3, -0.25) is 14.2 Å². The Labute approximate surface area is 231 Å². The van der Waals surface area contributed by atoms with Gasteiger partial charge < -0.3 is 25.5 Å². The quantitative estimate of drug-likeness (QED) is 0.189. The number of imidazole rings is 1. The average Bonchev–Trinajstić information content (AvgIpc) is 3.21. The first-order chi connectivity index (χ1) is 18.9. The Balaban J connectivity index is 1.80. The molecule has 1 aromatic carbocycles. The minimum atomic E-state index is -3.61. The highest BCUT2D eigenvalue weighted by Gasteiger charge is 2.19. The van der Waals surface area contributed by atoms with Crippen LogP contribution in [-0.4, -0.2) is 75.8 Å². The van der Waals surface area contributed by atoms with Gasteiger partial charge in [-0.15, -0.1) is 0 Å². The molecule has 2 heterocycles. The van der Waals surface area contributed by atoms with Crippen LogP contribution < -0.4 is 20.9 Å². The molecule has 0 aliphatic rings. The van der Waals surface area contributed by atoms with E-state index in [0.717, 1.165) is 19.1 Å². The molecule has 1 unspecified atom stereocenters. The van der Waals surface area contributed by atoms with Crippen LogP contribution in [0.15, 0.2) is 29.1 Å². The molecule has 0 saturated heterocycles. The van der Waals surface area contributed by atoms with Crippen LogP contribution in [0.5, 0.6) is 6.01 Å². The summed E-state index contributed by atoms with van der Waals surface area (Å²) in [5.41, 5.74) is 7.36. The van der Waals surface area contributed by atoms with E-state index < -0.39 is 40.1 Å². The van der Waals surface area contributed by atoms with Crippen molar-refractivity contribution in [3.8, 4) is 6.01 Å². The van der Waals surface area contributed by atoms with Crippen LogP contribution in [0.4, 0.5) is 5.82 Å².